The number of aromatic amines is 1. The van der Waals surface area contributed by atoms with Gasteiger partial charge < -0.3 is 4.90 Å². The molecule has 1 aliphatic carbocycles. The molecular formula is C20H25N3O. The molecule has 0 spiro atoms. The van der Waals surface area contributed by atoms with Crippen molar-refractivity contribution in [3.05, 3.63) is 52.8 Å². The molecule has 1 aromatic heterocycles. The summed E-state index contributed by atoms with van der Waals surface area (Å²) in [6.07, 6.45) is 5.08. The van der Waals surface area contributed by atoms with E-state index in [-0.39, 0.29) is 0 Å². The van der Waals surface area contributed by atoms with Gasteiger partial charge in [0.25, 0.3) is 0 Å². The minimum absolute atomic E-state index is 0.314. The molecule has 1 aromatic carbocycles. The monoisotopic (exact) mass is 323 g/mol. The van der Waals surface area contributed by atoms with Gasteiger partial charge in [-0.1, -0.05) is 24.3 Å². The normalized spacial score (nSPS) is 23.3. The number of H-pyrrole nitrogens is 1. The lowest BCUT2D eigenvalue weighted by Crippen LogP contribution is -2.39. The minimum Gasteiger partial charge on any atom is -0.342 e. The molecule has 2 atom stereocenters. The number of nitrogens with one attached hydrogen (secondary N) is 1. The van der Waals surface area contributed by atoms with E-state index in [0.717, 1.165) is 50.2 Å². The average molecular weight is 323 g/mol. The molecule has 1 saturated heterocycles. The van der Waals surface area contributed by atoms with Crippen LogP contribution in [0.3, 0.4) is 0 Å². The molecule has 1 amide bonds. The quantitative estimate of drug-likeness (QED) is 0.939. The van der Waals surface area contributed by atoms with Crippen LogP contribution in [0.2, 0.25) is 0 Å². The second-order valence-electron chi connectivity index (χ2n) is 7.29. The van der Waals surface area contributed by atoms with Gasteiger partial charge in [-0.15, -0.1) is 0 Å². The van der Waals surface area contributed by atoms with Crippen molar-refractivity contribution >= 4 is 5.91 Å². The van der Waals surface area contributed by atoms with Crippen molar-refractivity contribution in [1.82, 2.24) is 15.1 Å². The first-order valence-electron chi connectivity index (χ1n) is 9.08. The van der Waals surface area contributed by atoms with Gasteiger partial charge in [-0.3, -0.25) is 9.89 Å². The maximum Gasteiger partial charge on any atom is 0.223 e. The first kappa shape index (κ1) is 15.4. The Morgan fingerprint density at radius 3 is 3.04 bits per heavy atom. The highest BCUT2D eigenvalue weighted by Crippen LogP contribution is 2.36. The van der Waals surface area contributed by atoms with Gasteiger partial charge in [0.05, 0.1) is 5.69 Å². The molecule has 0 bridgehead atoms. The van der Waals surface area contributed by atoms with Crippen LogP contribution in [0, 0.1) is 6.92 Å². The van der Waals surface area contributed by atoms with Gasteiger partial charge in [0, 0.05) is 31.1 Å². The molecule has 2 aliphatic rings. The van der Waals surface area contributed by atoms with Crippen molar-refractivity contribution in [2.75, 3.05) is 13.1 Å². The SMILES string of the molecule is Cc1cc([C@@H]2CCCN(C(=O)C[C@H]3CCc4ccccc43)C2)n[nH]1. The highest BCUT2D eigenvalue weighted by molar-refractivity contribution is 5.77. The molecule has 1 N–H and O–H groups in total. The van der Waals surface area contributed by atoms with Crippen LogP contribution in [0.25, 0.3) is 0 Å². The largest absolute Gasteiger partial charge is 0.342 e. The third kappa shape index (κ3) is 2.97. The summed E-state index contributed by atoms with van der Waals surface area (Å²) in [5.74, 6) is 1.10. The van der Waals surface area contributed by atoms with E-state index in [9.17, 15) is 4.79 Å². The number of rotatable bonds is 3. The van der Waals surface area contributed by atoms with Crippen LogP contribution in [0.5, 0.6) is 0 Å². The van der Waals surface area contributed by atoms with Crippen molar-refractivity contribution in [3.63, 3.8) is 0 Å². The Hall–Kier alpha value is -2.10. The summed E-state index contributed by atoms with van der Waals surface area (Å²) in [5, 5.41) is 7.43. The van der Waals surface area contributed by atoms with Crippen LogP contribution >= 0.6 is 0 Å². The number of benzene rings is 1. The highest BCUT2D eigenvalue weighted by atomic mass is 16.2. The van der Waals surface area contributed by atoms with Gasteiger partial charge in [0.2, 0.25) is 5.91 Å². The topological polar surface area (TPSA) is 49.0 Å². The number of amides is 1. The summed E-state index contributed by atoms with van der Waals surface area (Å²) in [7, 11) is 0. The fraction of sp³-hybridized carbons (Fsp3) is 0.500. The Morgan fingerprint density at radius 1 is 1.33 bits per heavy atom. The first-order valence-corrected chi connectivity index (χ1v) is 9.08. The summed E-state index contributed by atoms with van der Waals surface area (Å²) in [5.41, 5.74) is 5.02. The Kier molecular flexibility index (Phi) is 4.13. The van der Waals surface area contributed by atoms with E-state index < -0.39 is 0 Å². The molecule has 0 saturated carbocycles. The van der Waals surface area contributed by atoms with Crippen LogP contribution in [0.4, 0.5) is 0 Å². The number of hydrogen-bond donors (Lipinski definition) is 1. The molecule has 2 aromatic rings. The molecular weight excluding hydrogens is 298 g/mol. The zero-order valence-electron chi connectivity index (χ0n) is 14.3. The molecule has 4 nitrogen and oxygen atoms in total. The molecule has 24 heavy (non-hydrogen) atoms. The summed E-state index contributed by atoms with van der Waals surface area (Å²) in [6, 6.07) is 10.7. The second-order valence-corrected chi connectivity index (χ2v) is 7.29. The Bertz CT molecular complexity index is 736. The van der Waals surface area contributed by atoms with Gasteiger partial charge in [-0.05, 0) is 55.7 Å². The van der Waals surface area contributed by atoms with Gasteiger partial charge in [-0.2, -0.15) is 5.10 Å². The van der Waals surface area contributed by atoms with Crippen molar-refractivity contribution in [3.8, 4) is 0 Å². The van der Waals surface area contributed by atoms with Gasteiger partial charge in [-0.25, -0.2) is 0 Å². The van der Waals surface area contributed by atoms with Crippen molar-refractivity contribution in [1.29, 1.82) is 0 Å². The Morgan fingerprint density at radius 2 is 2.21 bits per heavy atom. The minimum atomic E-state index is 0.314. The number of fused-ring (bicyclic) bond motifs is 1. The zero-order valence-corrected chi connectivity index (χ0v) is 14.3. The summed E-state index contributed by atoms with van der Waals surface area (Å²) in [4.78, 5) is 14.9. The van der Waals surface area contributed by atoms with E-state index in [4.69, 9.17) is 0 Å². The van der Waals surface area contributed by atoms with Gasteiger partial charge in [0.15, 0.2) is 0 Å². The first-order chi connectivity index (χ1) is 11.7. The Balaban J connectivity index is 1.41. The van der Waals surface area contributed by atoms with Crippen molar-refractivity contribution in [2.24, 2.45) is 0 Å². The molecule has 0 radical (unpaired) electrons. The molecule has 4 heteroatoms. The fourth-order valence-corrected chi connectivity index (χ4v) is 4.29. The average Bonchev–Trinajstić information content (AvgIpc) is 3.22. The number of likely N-dealkylation sites (tertiary alicyclic amines) is 1. The lowest BCUT2D eigenvalue weighted by atomic mass is 9.92. The molecule has 126 valence electrons. The maximum absolute atomic E-state index is 12.8. The van der Waals surface area contributed by atoms with Crippen LogP contribution in [-0.2, 0) is 11.2 Å². The number of aromatic nitrogens is 2. The molecule has 1 aliphatic heterocycles. The smallest absolute Gasteiger partial charge is 0.223 e. The number of piperidine rings is 1. The number of carbonyl (C=O) groups excluding carboxylic acids is 1. The van der Waals surface area contributed by atoms with E-state index in [0.29, 0.717) is 24.2 Å². The predicted octanol–water partition coefficient (Wildman–Crippen LogP) is 3.54. The van der Waals surface area contributed by atoms with Crippen LogP contribution < -0.4 is 0 Å². The molecule has 0 unspecified atom stereocenters. The number of carbonyl (C=O) groups is 1. The van der Waals surface area contributed by atoms with Crippen molar-refractivity contribution in [2.45, 2.75) is 50.9 Å². The third-order valence-corrected chi connectivity index (χ3v) is 5.60. The van der Waals surface area contributed by atoms with E-state index in [1.54, 1.807) is 0 Å². The summed E-state index contributed by atoms with van der Waals surface area (Å²) < 4.78 is 0. The van der Waals surface area contributed by atoms with E-state index in [2.05, 4.69) is 45.4 Å². The standard InChI is InChI=1S/C20H25N3O/c1-14-11-19(22-21-14)17-6-4-10-23(13-17)20(24)12-16-9-8-15-5-2-3-7-18(15)16/h2-3,5,7,11,16-17H,4,6,8-10,12-13H2,1H3,(H,21,22)/t16-,17-/m1/s1. The van der Waals surface area contributed by atoms with Crippen LogP contribution in [0.1, 0.15) is 60.0 Å². The maximum atomic E-state index is 12.8. The van der Waals surface area contributed by atoms with E-state index in [1.165, 1.54) is 11.1 Å². The van der Waals surface area contributed by atoms with E-state index >= 15 is 0 Å². The van der Waals surface area contributed by atoms with Crippen LogP contribution in [0.15, 0.2) is 30.3 Å². The van der Waals surface area contributed by atoms with Crippen molar-refractivity contribution < 1.29 is 4.79 Å². The lowest BCUT2D eigenvalue weighted by molar-refractivity contribution is -0.132. The Labute approximate surface area is 143 Å². The number of hydrogen-bond acceptors (Lipinski definition) is 2. The molecule has 2 heterocycles. The fourth-order valence-electron chi connectivity index (χ4n) is 4.29. The predicted molar refractivity (Wildman–Crippen MR) is 94.0 cm³/mol. The second kappa shape index (κ2) is 6.42. The summed E-state index contributed by atoms with van der Waals surface area (Å²) in [6.45, 7) is 3.74. The van der Waals surface area contributed by atoms with Gasteiger partial charge in [0.1, 0.15) is 0 Å². The van der Waals surface area contributed by atoms with Crippen LogP contribution in [-0.4, -0.2) is 34.1 Å². The highest BCUT2D eigenvalue weighted by Gasteiger charge is 2.30. The van der Waals surface area contributed by atoms with E-state index in [1.807, 2.05) is 6.92 Å². The van der Waals surface area contributed by atoms with Gasteiger partial charge >= 0.3 is 0 Å². The third-order valence-electron chi connectivity index (χ3n) is 5.60. The zero-order chi connectivity index (χ0) is 16.5. The molecule has 1 fully saturated rings. The summed E-state index contributed by atoms with van der Waals surface area (Å²) >= 11 is 0. The number of nitrogens with zero attached hydrogens (tertiary/aromatic N) is 2. The number of aryl methyl sites for hydroxylation is 2. The lowest BCUT2D eigenvalue weighted by Gasteiger charge is -2.32. The molecule has 4 rings (SSSR count).